The maximum atomic E-state index is 5.71. The van der Waals surface area contributed by atoms with Crippen LogP contribution < -0.4 is 10.1 Å². The van der Waals surface area contributed by atoms with Crippen LogP contribution in [-0.2, 0) is 0 Å². The summed E-state index contributed by atoms with van der Waals surface area (Å²) >= 11 is 0. The van der Waals surface area contributed by atoms with Crippen LogP contribution in [0.15, 0.2) is 54.6 Å². The van der Waals surface area contributed by atoms with E-state index in [1.165, 1.54) is 0 Å². The van der Waals surface area contributed by atoms with Gasteiger partial charge in [-0.05, 0) is 62.7 Å². The molecule has 22 heavy (non-hydrogen) atoms. The summed E-state index contributed by atoms with van der Waals surface area (Å²) in [7, 11) is 0. The average Bonchev–Trinajstić information content (AvgIpc) is 2.49. The molecule has 112 valence electrons. The third-order valence-electron chi connectivity index (χ3n) is 3.43. The lowest BCUT2D eigenvalue weighted by molar-refractivity contribution is 0.242. The smallest absolute Gasteiger partial charge is 0.131 e. The number of aryl methyl sites for hydroxylation is 1. The minimum atomic E-state index is 0.181. The van der Waals surface area contributed by atoms with Gasteiger partial charge in [-0.15, -0.1) is 0 Å². The Kier molecular flexibility index (Phi) is 3.96. The highest BCUT2D eigenvalue weighted by Gasteiger charge is 2.04. The maximum absolute atomic E-state index is 5.71. The van der Waals surface area contributed by atoms with E-state index in [9.17, 15) is 0 Å². The van der Waals surface area contributed by atoms with Gasteiger partial charge in [-0.1, -0.05) is 18.2 Å². The van der Waals surface area contributed by atoms with Crippen molar-refractivity contribution in [1.29, 1.82) is 0 Å². The SMILES string of the molecule is Cc1cc(OC(C)C)ccc1Nc1ccc2ccccc2n1. The summed E-state index contributed by atoms with van der Waals surface area (Å²) in [5.74, 6) is 1.74. The van der Waals surface area contributed by atoms with Crippen LogP contribution >= 0.6 is 0 Å². The molecule has 3 heteroatoms. The first kappa shape index (κ1) is 14.4. The Hall–Kier alpha value is -2.55. The van der Waals surface area contributed by atoms with Crippen LogP contribution in [0.4, 0.5) is 11.5 Å². The van der Waals surface area contributed by atoms with Gasteiger partial charge in [0.05, 0.1) is 11.6 Å². The number of benzene rings is 2. The molecular weight excluding hydrogens is 272 g/mol. The van der Waals surface area contributed by atoms with Gasteiger partial charge in [0.15, 0.2) is 0 Å². The van der Waals surface area contributed by atoms with Gasteiger partial charge in [0, 0.05) is 11.1 Å². The van der Waals surface area contributed by atoms with Crippen molar-refractivity contribution in [1.82, 2.24) is 4.98 Å². The van der Waals surface area contributed by atoms with Gasteiger partial charge in [-0.25, -0.2) is 4.98 Å². The van der Waals surface area contributed by atoms with Crippen LogP contribution in [-0.4, -0.2) is 11.1 Å². The monoisotopic (exact) mass is 292 g/mol. The predicted molar refractivity (Wildman–Crippen MR) is 92.0 cm³/mol. The third kappa shape index (κ3) is 3.19. The molecule has 0 radical (unpaired) electrons. The van der Waals surface area contributed by atoms with Crippen molar-refractivity contribution >= 4 is 22.4 Å². The van der Waals surface area contributed by atoms with Crippen LogP contribution in [0, 0.1) is 6.92 Å². The number of aromatic nitrogens is 1. The molecule has 0 aliphatic rings. The van der Waals surface area contributed by atoms with E-state index in [1.807, 2.05) is 56.3 Å². The number of hydrogen-bond acceptors (Lipinski definition) is 3. The Morgan fingerprint density at radius 1 is 1.00 bits per heavy atom. The van der Waals surface area contributed by atoms with E-state index in [4.69, 9.17) is 4.74 Å². The zero-order chi connectivity index (χ0) is 15.5. The normalized spacial score (nSPS) is 10.9. The van der Waals surface area contributed by atoms with Crippen LogP contribution in [0.2, 0.25) is 0 Å². The molecule has 3 rings (SSSR count). The lowest BCUT2D eigenvalue weighted by Crippen LogP contribution is -2.06. The number of rotatable bonds is 4. The van der Waals surface area contributed by atoms with Crippen LogP contribution in [0.25, 0.3) is 10.9 Å². The summed E-state index contributed by atoms with van der Waals surface area (Å²) in [6.07, 6.45) is 0.181. The van der Waals surface area contributed by atoms with E-state index < -0.39 is 0 Å². The topological polar surface area (TPSA) is 34.1 Å². The van der Waals surface area contributed by atoms with Crippen molar-refractivity contribution in [2.45, 2.75) is 26.9 Å². The zero-order valence-corrected chi connectivity index (χ0v) is 13.1. The molecule has 3 nitrogen and oxygen atoms in total. The van der Waals surface area contributed by atoms with Gasteiger partial charge in [-0.2, -0.15) is 0 Å². The quantitative estimate of drug-likeness (QED) is 0.728. The fourth-order valence-electron chi connectivity index (χ4n) is 2.40. The third-order valence-corrected chi connectivity index (χ3v) is 3.43. The highest BCUT2D eigenvalue weighted by Crippen LogP contribution is 2.25. The van der Waals surface area contributed by atoms with E-state index in [1.54, 1.807) is 0 Å². The van der Waals surface area contributed by atoms with Crippen LogP contribution in [0.5, 0.6) is 5.75 Å². The van der Waals surface area contributed by atoms with E-state index in [2.05, 4.69) is 29.4 Å². The van der Waals surface area contributed by atoms with Gasteiger partial charge in [0.25, 0.3) is 0 Å². The van der Waals surface area contributed by atoms with Crippen molar-refractivity contribution in [2.24, 2.45) is 0 Å². The first-order chi connectivity index (χ1) is 10.6. The molecule has 0 bridgehead atoms. The molecule has 0 spiro atoms. The lowest BCUT2D eigenvalue weighted by atomic mass is 10.2. The number of hydrogen-bond donors (Lipinski definition) is 1. The largest absolute Gasteiger partial charge is 0.491 e. The molecule has 2 aromatic carbocycles. The second-order valence-electron chi connectivity index (χ2n) is 5.66. The second-order valence-corrected chi connectivity index (χ2v) is 5.66. The average molecular weight is 292 g/mol. The predicted octanol–water partition coefficient (Wildman–Crippen LogP) is 5.07. The fraction of sp³-hybridized carbons (Fsp3) is 0.211. The van der Waals surface area contributed by atoms with Crippen molar-refractivity contribution in [2.75, 3.05) is 5.32 Å². The Morgan fingerprint density at radius 3 is 2.59 bits per heavy atom. The Balaban J connectivity index is 1.85. The summed E-state index contributed by atoms with van der Waals surface area (Å²) in [5.41, 5.74) is 3.16. The summed E-state index contributed by atoms with van der Waals surface area (Å²) in [4.78, 5) is 4.64. The van der Waals surface area contributed by atoms with Crippen molar-refractivity contribution in [3.8, 4) is 5.75 Å². The van der Waals surface area contributed by atoms with E-state index in [-0.39, 0.29) is 6.10 Å². The number of para-hydroxylation sites is 1. The summed E-state index contributed by atoms with van der Waals surface area (Å²) in [5, 5.41) is 4.52. The highest BCUT2D eigenvalue weighted by molar-refractivity contribution is 5.80. The van der Waals surface area contributed by atoms with Crippen LogP contribution in [0.3, 0.4) is 0 Å². The second kappa shape index (κ2) is 6.06. The molecule has 1 aromatic heterocycles. The maximum Gasteiger partial charge on any atom is 0.131 e. The molecule has 3 aromatic rings. The molecule has 1 N–H and O–H groups in total. The van der Waals surface area contributed by atoms with E-state index >= 15 is 0 Å². The number of nitrogens with zero attached hydrogens (tertiary/aromatic N) is 1. The minimum absolute atomic E-state index is 0.181. The van der Waals surface area contributed by atoms with Gasteiger partial charge in [-0.3, -0.25) is 0 Å². The van der Waals surface area contributed by atoms with Gasteiger partial charge >= 0.3 is 0 Å². The molecule has 0 aliphatic heterocycles. The number of anilines is 2. The number of fused-ring (bicyclic) bond motifs is 1. The minimum Gasteiger partial charge on any atom is -0.491 e. The standard InChI is InChI=1S/C19H20N2O/c1-13(2)22-16-9-10-17(14(3)12-16)20-19-11-8-15-6-4-5-7-18(15)21-19/h4-13H,1-3H3,(H,20,21). The highest BCUT2D eigenvalue weighted by atomic mass is 16.5. The first-order valence-corrected chi connectivity index (χ1v) is 7.52. The molecule has 0 aliphatic carbocycles. The Bertz CT molecular complexity index is 796. The number of nitrogens with one attached hydrogen (secondary N) is 1. The molecule has 0 atom stereocenters. The molecule has 0 saturated heterocycles. The fourth-order valence-corrected chi connectivity index (χ4v) is 2.40. The number of ether oxygens (including phenoxy) is 1. The summed E-state index contributed by atoms with van der Waals surface area (Å²) in [6.45, 7) is 6.12. The molecule has 1 heterocycles. The number of pyridine rings is 1. The van der Waals surface area contributed by atoms with Gasteiger partial charge < -0.3 is 10.1 Å². The van der Waals surface area contributed by atoms with Crippen LogP contribution in [0.1, 0.15) is 19.4 Å². The molecular formula is C19H20N2O. The lowest BCUT2D eigenvalue weighted by Gasteiger charge is -2.13. The van der Waals surface area contributed by atoms with Crippen molar-refractivity contribution < 1.29 is 4.74 Å². The van der Waals surface area contributed by atoms with E-state index in [0.29, 0.717) is 0 Å². The first-order valence-electron chi connectivity index (χ1n) is 7.52. The molecule has 0 fully saturated rings. The molecule has 0 unspecified atom stereocenters. The molecule has 0 amide bonds. The Labute approximate surface area is 131 Å². The summed E-state index contributed by atoms with van der Waals surface area (Å²) in [6, 6.07) is 18.2. The van der Waals surface area contributed by atoms with Crippen molar-refractivity contribution in [3.05, 3.63) is 60.2 Å². The van der Waals surface area contributed by atoms with Gasteiger partial charge in [0.1, 0.15) is 11.6 Å². The van der Waals surface area contributed by atoms with Gasteiger partial charge in [0.2, 0.25) is 0 Å². The zero-order valence-electron chi connectivity index (χ0n) is 13.1. The van der Waals surface area contributed by atoms with Crippen molar-refractivity contribution in [3.63, 3.8) is 0 Å². The summed E-state index contributed by atoms with van der Waals surface area (Å²) < 4.78 is 5.71. The van der Waals surface area contributed by atoms with E-state index in [0.717, 1.165) is 33.7 Å². The Morgan fingerprint density at radius 2 is 1.82 bits per heavy atom. The molecule has 0 saturated carbocycles.